The predicted octanol–water partition coefficient (Wildman–Crippen LogP) is 3.35. The van der Waals surface area contributed by atoms with Crippen molar-refractivity contribution in [2.45, 2.75) is 12.8 Å². The number of hydrogen-bond acceptors (Lipinski definition) is 6. The molecule has 1 saturated heterocycles. The van der Waals surface area contributed by atoms with Crippen molar-refractivity contribution in [2.24, 2.45) is 7.05 Å². The van der Waals surface area contributed by atoms with E-state index < -0.39 is 0 Å². The first kappa shape index (κ1) is 18.6. The zero-order valence-corrected chi connectivity index (χ0v) is 17.0. The summed E-state index contributed by atoms with van der Waals surface area (Å²) in [5.74, 6) is 1.43. The van der Waals surface area contributed by atoms with Gasteiger partial charge in [0, 0.05) is 31.0 Å². The van der Waals surface area contributed by atoms with Crippen LogP contribution in [-0.2, 0) is 7.05 Å². The van der Waals surface area contributed by atoms with E-state index in [2.05, 4.69) is 25.4 Å². The number of nitrogens with zero attached hydrogens (tertiary/aromatic N) is 6. The maximum atomic E-state index is 5.88. The Kier molecular flexibility index (Phi) is 5.06. The van der Waals surface area contributed by atoms with Crippen molar-refractivity contribution in [3.63, 3.8) is 0 Å². The molecule has 1 aliphatic heterocycles. The van der Waals surface area contributed by atoms with E-state index in [1.807, 2.05) is 66.4 Å². The summed E-state index contributed by atoms with van der Waals surface area (Å²) in [7, 11) is 1.90. The minimum Gasteiger partial charge on any atom is -0.492 e. The molecule has 1 aromatic carbocycles. The molecule has 5 rings (SSSR count). The lowest BCUT2D eigenvalue weighted by molar-refractivity contribution is 0.238. The van der Waals surface area contributed by atoms with Crippen molar-refractivity contribution in [2.75, 3.05) is 31.6 Å². The summed E-state index contributed by atoms with van der Waals surface area (Å²) in [4.78, 5) is 7.04. The smallest absolute Gasteiger partial charge is 0.247 e. The SMILES string of the molecule is Cn1cc(-c2cccc3nc(Nc4ccc(OCCN5CCCC5)cc4)nn23)cn1. The van der Waals surface area contributed by atoms with Crippen molar-refractivity contribution in [3.05, 3.63) is 54.9 Å². The third-order valence-corrected chi connectivity index (χ3v) is 5.35. The van der Waals surface area contributed by atoms with Gasteiger partial charge in [0.1, 0.15) is 12.4 Å². The summed E-state index contributed by atoms with van der Waals surface area (Å²) in [5, 5.41) is 12.2. The number of rotatable bonds is 7. The van der Waals surface area contributed by atoms with Gasteiger partial charge in [0.15, 0.2) is 5.65 Å². The normalized spacial score (nSPS) is 14.4. The molecule has 4 heterocycles. The van der Waals surface area contributed by atoms with E-state index in [0.717, 1.165) is 41.5 Å². The zero-order valence-electron chi connectivity index (χ0n) is 17.0. The van der Waals surface area contributed by atoms with E-state index in [0.29, 0.717) is 5.95 Å². The fraction of sp³-hybridized carbons (Fsp3) is 0.318. The second kappa shape index (κ2) is 8.16. The molecule has 0 spiro atoms. The molecule has 0 atom stereocenters. The largest absolute Gasteiger partial charge is 0.492 e. The first-order chi connectivity index (χ1) is 14.7. The highest BCUT2D eigenvalue weighted by Crippen LogP contribution is 2.22. The van der Waals surface area contributed by atoms with Crippen molar-refractivity contribution in [3.8, 4) is 17.0 Å². The van der Waals surface area contributed by atoms with E-state index in [-0.39, 0.29) is 0 Å². The summed E-state index contributed by atoms with van der Waals surface area (Å²) in [6, 6.07) is 13.8. The Hall–Kier alpha value is -3.39. The highest BCUT2D eigenvalue weighted by molar-refractivity contribution is 5.63. The second-order valence-corrected chi connectivity index (χ2v) is 7.57. The topological polar surface area (TPSA) is 72.5 Å². The van der Waals surface area contributed by atoms with Gasteiger partial charge in [-0.3, -0.25) is 9.58 Å². The maximum Gasteiger partial charge on any atom is 0.247 e. The first-order valence-electron chi connectivity index (χ1n) is 10.3. The number of ether oxygens (including phenoxy) is 1. The average molecular weight is 403 g/mol. The van der Waals surface area contributed by atoms with Crippen molar-refractivity contribution < 1.29 is 4.74 Å². The van der Waals surface area contributed by atoms with Crippen LogP contribution in [0.4, 0.5) is 11.6 Å². The Bertz CT molecular complexity index is 1130. The summed E-state index contributed by atoms with van der Waals surface area (Å²) in [6.45, 7) is 4.10. The molecule has 0 unspecified atom stereocenters. The Morgan fingerprint density at radius 1 is 1.07 bits per heavy atom. The Balaban J connectivity index is 1.26. The second-order valence-electron chi connectivity index (χ2n) is 7.57. The number of anilines is 2. The van der Waals surface area contributed by atoms with Gasteiger partial charge in [-0.25, -0.2) is 4.52 Å². The number of aryl methyl sites for hydroxylation is 1. The van der Waals surface area contributed by atoms with Gasteiger partial charge < -0.3 is 10.1 Å². The molecule has 0 aliphatic carbocycles. The minimum absolute atomic E-state index is 0.550. The maximum absolute atomic E-state index is 5.88. The third-order valence-electron chi connectivity index (χ3n) is 5.35. The lowest BCUT2D eigenvalue weighted by Crippen LogP contribution is -2.25. The van der Waals surface area contributed by atoms with Crippen LogP contribution in [0.2, 0.25) is 0 Å². The van der Waals surface area contributed by atoms with Gasteiger partial charge in [0.05, 0.1) is 11.9 Å². The number of likely N-dealkylation sites (tertiary alicyclic amines) is 1. The highest BCUT2D eigenvalue weighted by atomic mass is 16.5. The summed E-state index contributed by atoms with van der Waals surface area (Å²) >= 11 is 0. The van der Waals surface area contributed by atoms with Crippen molar-refractivity contribution >= 4 is 17.3 Å². The van der Waals surface area contributed by atoms with Gasteiger partial charge in [0.25, 0.3) is 0 Å². The van der Waals surface area contributed by atoms with E-state index in [4.69, 9.17) is 4.74 Å². The van der Waals surface area contributed by atoms with Crippen LogP contribution in [-0.4, -0.2) is 55.5 Å². The van der Waals surface area contributed by atoms with Crippen LogP contribution in [0.15, 0.2) is 54.9 Å². The van der Waals surface area contributed by atoms with Crippen LogP contribution in [0.1, 0.15) is 12.8 Å². The van der Waals surface area contributed by atoms with Gasteiger partial charge in [-0.15, -0.1) is 5.10 Å². The molecule has 0 saturated carbocycles. The third kappa shape index (κ3) is 3.99. The lowest BCUT2D eigenvalue weighted by atomic mass is 10.2. The summed E-state index contributed by atoms with van der Waals surface area (Å²) < 4.78 is 9.48. The fourth-order valence-corrected chi connectivity index (χ4v) is 3.79. The molecule has 4 aromatic rings. The molecular formula is C22H25N7O. The van der Waals surface area contributed by atoms with E-state index in [1.165, 1.54) is 25.9 Å². The highest BCUT2D eigenvalue weighted by Gasteiger charge is 2.12. The molecule has 3 aromatic heterocycles. The standard InChI is InChI=1S/C22H25N7O/c1-27-16-17(15-23-27)20-5-4-6-21-25-22(26-29(20)21)24-18-7-9-19(10-8-18)30-14-13-28-11-2-3-12-28/h4-10,15-16H,2-3,11-14H2,1H3,(H,24,26). The van der Waals surface area contributed by atoms with Crippen LogP contribution >= 0.6 is 0 Å². The van der Waals surface area contributed by atoms with Crippen LogP contribution in [0, 0.1) is 0 Å². The minimum atomic E-state index is 0.550. The molecule has 0 bridgehead atoms. The zero-order chi connectivity index (χ0) is 20.3. The Morgan fingerprint density at radius 2 is 1.90 bits per heavy atom. The van der Waals surface area contributed by atoms with Gasteiger partial charge in [-0.2, -0.15) is 10.1 Å². The lowest BCUT2D eigenvalue weighted by Gasteiger charge is -2.15. The van der Waals surface area contributed by atoms with Crippen molar-refractivity contribution in [1.29, 1.82) is 0 Å². The van der Waals surface area contributed by atoms with E-state index in [9.17, 15) is 0 Å². The molecule has 30 heavy (non-hydrogen) atoms. The van der Waals surface area contributed by atoms with Crippen molar-refractivity contribution in [1.82, 2.24) is 29.3 Å². The molecule has 8 nitrogen and oxygen atoms in total. The van der Waals surface area contributed by atoms with Crippen LogP contribution in [0.3, 0.4) is 0 Å². The van der Waals surface area contributed by atoms with Gasteiger partial charge in [-0.05, 0) is 62.3 Å². The van der Waals surface area contributed by atoms with Crippen LogP contribution in [0.25, 0.3) is 16.9 Å². The molecule has 1 N–H and O–H groups in total. The van der Waals surface area contributed by atoms with E-state index in [1.54, 1.807) is 4.68 Å². The van der Waals surface area contributed by atoms with E-state index >= 15 is 0 Å². The van der Waals surface area contributed by atoms with Gasteiger partial charge in [0.2, 0.25) is 5.95 Å². The Labute approximate surface area is 175 Å². The molecule has 0 amide bonds. The molecule has 1 aliphatic rings. The molecule has 154 valence electrons. The quantitative estimate of drug-likeness (QED) is 0.510. The molecule has 8 heteroatoms. The molecule has 0 radical (unpaired) electrons. The number of hydrogen-bond donors (Lipinski definition) is 1. The molecular weight excluding hydrogens is 378 g/mol. The van der Waals surface area contributed by atoms with Gasteiger partial charge >= 0.3 is 0 Å². The molecule has 1 fully saturated rings. The fourth-order valence-electron chi connectivity index (χ4n) is 3.79. The number of fused-ring (bicyclic) bond motifs is 1. The average Bonchev–Trinajstić information content (AvgIpc) is 3.50. The summed E-state index contributed by atoms with van der Waals surface area (Å²) in [5.41, 5.74) is 3.64. The number of pyridine rings is 1. The monoisotopic (exact) mass is 403 g/mol. The predicted molar refractivity (Wildman–Crippen MR) is 116 cm³/mol. The first-order valence-corrected chi connectivity index (χ1v) is 10.3. The van der Waals surface area contributed by atoms with Gasteiger partial charge in [-0.1, -0.05) is 6.07 Å². The van der Waals surface area contributed by atoms with Crippen LogP contribution < -0.4 is 10.1 Å². The summed E-state index contributed by atoms with van der Waals surface area (Å²) in [6.07, 6.45) is 6.40. The van der Waals surface area contributed by atoms with Crippen LogP contribution in [0.5, 0.6) is 5.75 Å². The number of aromatic nitrogens is 5. The number of benzene rings is 1. The Morgan fingerprint density at radius 3 is 2.67 bits per heavy atom. The number of nitrogens with one attached hydrogen (secondary N) is 1.